The molecule has 0 aliphatic carbocycles. The van der Waals surface area contributed by atoms with Crippen LogP contribution in [-0.4, -0.2) is 14.1 Å². The summed E-state index contributed by atoms with van der Waals surface area (Å²) in [6.45, 7) is 6.21. The van der Waals surface area contributed by atoms with Crippen molar-refractivity contribution in [2.45, 2.75) is 20.8 Å². The minimum absolute atomic E-state index is 0. The summed E-state index contributed by atoms with van der Waals surface area (Å²) in [5.74, 6) is 1.61. The molecule has 10 aromatic rings. The largest absolute Gasteiger partial charge is 0.510 e. The van der Waals surface area contributed by atoms with Gasteiger partial charge in [0.2, 0.25) is 0 Å². The van der Waals surface area contributed by atoms with Crippen molar-refractivity contribution in [3.8, 4) is 50.9 Å². The Bertz CT molecular complexity index is 3550. The number of imidazole rings is 1. The number of hydrogen-bond acceptors (Lipinski definition) is 2. The quantitative estimate of drug-likeness (QED) is 0.118. The van der Waals surface area contributed by atoms with Crippen molar-refractivity contribution in [2.75, 3.05) is 0 Å². The Labute approximate surface area is 360 Å². The average Bonchev–Trinajstić information content (AvgIpc) is 3.87. The molecule has 7 aromatic carbocycles. The van der Waals surface area contributed by atoms with Crippen LogP contribution in [0, 0.1) is 39.2 Å². The zero-order chi connectivity index (χ0) is 46.5. The van der Waals surface area contributed by atoms with Crippen LogP contribution >= 0.6 is 0 Å². The van der Waals surface area contributed by atoms with E-state index in [1.54, 1.807) is 39.5 Å². The normalized spacial score (nSPS) is 13.7. The molecule has 0 N–H and O–H groups in total. The average molecular weight is 926 g/mol. The first-order valence-corrected chi connectivity index (χ1v) is 18.0. The van der Waals surface area contributed by atoms with Gasteiger partial charge in [-0.1, -0.05) is 127 Å². The predicted octanol–water partition coefficient (Wildman–Crippen LogP) is 11.8. The molecule has 0 unspecified atom stereocenters. The van der Waals surface area contributed by atoms with Crippen LogP contribution in [0.2, 0.25) is 0 Å². The zero-order valence-corrected chi connectivity index (χ0v) is 33.1. The van der Waals surface area contributed by atoms with Crippen LogP contribution in [0.25, 0.3) is 72.3 Å². The Hall–Kier alpha value is -6.55. The third-order valence-corrected chi connectivity index (χ3v) is 10.2. The summed E-state index contributed by atoms with van der Waals surface area (Å²) in [6, 6.07) is 31.1. The van der Waals surface area contributed by atoms with Crippen molar-refractivity contribution in [1.82, 2.24) is 14.1 Å². The van der Waals surface area contributed by atoms with E-state index in [4.69, 9.17) is 23.4 Å². The van der Waals surface area contributed by atoms with Crippen molar-refractivity contribution in [3.63, 3.8) is 0 Å². The molecule has 10 rings (SSSR count). The van der Waals surface area contributed by atoms with Gasteiger partial charge < -0.3 is 13.9 Å². The molecule has 0 bridgehead atoms. The summed E-state index contributed by atoms with van der Waals surface area (Å²) >= 11 is 0. The van der Waals surface area contributed by atoms with Crippen LogP contribution in [0.4, 0.5) is 0 Å². The van der Waals surface area contributed by atoms with E-state index in [9.17, 15) is 0 Å². The molecule has 57 heavy (non-hydrogen) atoms. The number of aromatic nitrogens is 4. The van der Waals surface area contributed by atoms with Crippen LogP contribution < -0.4 is 9.30 Å². The van der Waals surface area contributed by atoms with E-state index in [2.05, 4.69) is 49.0 Å². The van der Waals surface area contributed by atoms with Crippen LogP contribution in [0.1, 0.15) is 30.4 Å². The maximum absolute atomic E-state index is 8.98. The monoisotopic (exact) mass is 925 g/mol. The number of rotatable bonds is 7. The predicted molar refractivity (Wildman–Crippen MR) is 225 cm³/mol. The van der Waals surface area contributed by atoms with Crippen LogP contribution in [0.15, 0.2) is 164 Å². The molecule has 0 radical (unpaired) electrons. The van der Waals surface area contributed by atoms with Crippen LogP contribution in [0.5, 0.6) is 11.5 Å². The van der Waals surface area contributed by atoms with Crippen molar-refractivity contribution in [2.24, 2.45) is 0 Å². The van der Waals surface area contributed by atoms with Gasteiger partial charge >= 0.3 is 0 Å². The molecule has 6 heteroatoms. The Balaban J connectivity index is 0.00000562. The van der Waals surface area contributed by atoms with Gasteiger partial charge in [-0.25, -0.2) is 4.98 Å². The second-order valence-corrected chi connectivity index (χ2v) is 13.4. The summed E-state index contributed by atoms with van der Waals surface area (Å²) in [4.78, 5) is 4.88. The molecule has 0 spiro atoms. The van der Waals surface area contributed by atoms with Gasteiger partial charge in [0.15, 0.2) is 0 Å². The maximum Gasteiger partial charge on any atom is 0.268 e. The summed E-state index contributed by atoms with van der Waals surface area (Å²) in [7, 11) is 0. The van der Waals surface area contributed by atoms with Gasteiger partial charge in [-0.3, -0.25) is 4.57 Å². The molecule has 3 aromatic heterocycles. The van der Waals surface area contributed by atoms with Crippen molar-refractivity contribution >= 4 is 32.8 Å². The molecule has 278 valence electrons. The summed E-state index contributed by atoms with van der Waals surface area (Å²) < 4.78 is 98.6. The van der Waals surface area contributed by atoms with Crippen molar-refractivity contribution < 1.29 is 44.1 Å². The third kappa shape index (κ3) is 6.25. The Morgan fingerprint density at radius 2 is 1.28 bits per heavy atom. The molecule has 0 atom stereocenters. The van der Waals surface area contributed by atoms with E-state index >= 15 is 0 Å². The fourth-order valence-corrected chi connectivity index (χ4v) is 7.30. The van der Waals surface area contributed by atoms with Crippen LogP contribution in [-0.2, 0) is 21.1 Å². The number of para-hydroxylation sites is 4. The summed E-state index contributed by atoms with van der Waals surface area (Å²) in [6.07, 6.45) is 5.28. The number of hydrogen-bond donors (Lipinski definition) is 0. The number of aryl methyl sites for hydroxylation is 1. The molecular weight excluding hydrogens is 880 g/mol. The molecule has 0 fully saturated rings. The fourth-order valence-electron chi connectivity index (χ4n) is 7.30. The second kappa shape index (κ2) is 14.8. The zero-order valence-electron chi connectivity index (χ0n) is 40.8. The van der Waals surface area contributed by atoms with Crippen molar-refractivity contribution in [1.29, 1.82) is 0 Å². The van der Waals surface area contributed by atoms with E-state index in [1.165, 1.54) is 0 Å². The Kier molecular flexibility index (Phi) is 6.85. The molecule has 0 amide bonds. The van der Waals surface area contributed by atoms with E-state index in [0.29, 0.717) is 28.2 Å². The molecule has 5 nitrogen and oxygen atoms in total. The minimum atomic E-state index is -0.570. The first-order chi connectivity index (χ1) is 31.7. The van der Waals surface area contributed by atoms with Gasteiger partial charge in [0.25, 0.3) is 6.33 Å². The second-order valence-electron chi connectivity index (χ2n) is 13.4. The van der Waals surface area contributed by atoms with Gasteiger partial charge in [0.1, 0.15) is 5.82 Å². The number of nitrogens with zero attached hydrogens (tertiary/aromatic N) is 4. The minimum Gasteiger partial charge on any atom is -0.510 e. The van der Waals surface area contributed by atoms with Crippen molar-refractivity contribution in [3.05, 3.63) is 199 Å². The van der Waals surface area contributed by atoms with Gasteiger partial charge in [-0.05, 0) is 76.9 Å². The van der Waals surface area contributed by atoms with Gasteiger partial charge in [-0.15, -0.1) is 29.7 Å². The molecule has 0 saturated heterocycles. The SMILES string of the molecule is [2H]c1c([2H])c([2H])c(-c2cccc(-c3c([2H])c([2H])c([2H])c([2H])c3[2H])c2-[n+]2[c-]n(-c3[c-]c(Oc4[c-]c5c(cc4)c4ccccc4n5-c4ncc(C)c(C)c4C)ccc3)c3ccccc32)c([2H])c1[2H].[Pt]. The van der Waals surface area contributed by atoms with Crippen LogP contribution in [0.3, 0.4) is 0 Å². The molecule has 3 heterocycles. The molecule has 0 saturated carbocycles. The first kappa shape index (κ1) is 26.3. The third-order valence-electron chi connectivity index (χ3n) is 10.2. The van der Waals surface area contributed by atoms with Gasteiger partial charge in [-0.2, -0.15) is 18.2 Å². The summed E-state index contributed by atoms with van der Waals surface area (Å²) in [5, 5.41) is 2.04. The first-order valence-electron chi connectivity index (χ1n) is 23.0. The molecule has 0 aliphatic rings. The standard InChI is InChI=1S/C51H36N4O.Pt/c1-34-32-52-51(36(3)35(34)2)55-46-25-11-10-22-44(46)45-29-28-41(31-49(45)55)56-40-21-14-20-39(30-40)53-33-54(48-27-13-12-26-47(48)53)50-42(37-16-6-4-7-17-37)23-15-24-43(50)38-18-8-5-9-19-38;/h4-29,32H,1-3H3;/q-2;/i4D,5D,6D,7D,8D,9D,16D,17D,18D,19D;. The number of pyridine rings is 1. The van der Waals surface area contributed by atoms with E-state index in [0.717, 1.165) is 44.3 Å². The van der Waals surface area contributed by atoms with Gasteiger partial charge in [0.05, 0.1) is 30.4 Å². The fraction of sp³-hybridized carbons (Fsp3) is 0.0588. The van der Waals surface area contributed by atoms with E-state index < -0.39 is 60.4 Å². The number of benzene rings is 7. The van der Waals surface area contributed by atoms with E-state index in [1.807, 2.05) is 67.7 Å². The Morgan fingerprint density at radius 3 is 2.02 bits per heavy atom. The molecule has 0 aliphatic heterocycles. The summed E-state index contributed by atoms with van der Waals surface area (Å²) in [5.41, 5.74) is 6.93. The number of fused-ring (bicyclic) bond motifs is 4. The van der Waals surface area contributed by atoms with Gasteiger partial charge in [0, 0.05) is 44.3 Å². The maximum atomic E-state index is 8.98. The smallest absolute Gasteiger partial charge is 0.268 e. The van der Waals surface area contributed by atoms with E-state index in [-0.39, 0.29) is 49.0 Å². The number of ether oxygens (including phenoxy) is 1. The Morgan fingerprint density at radius 1 is 0.632 bits per heavy atom. The molecular formula is C51H36N4OPt-2. The topological polar surface area (TPSA) is 35.9 Å².